The van der Waals surface area contributed by atoms with Crippen molar-refractivity contribution in [2.45, 2.75) is 97.4 Å². The molecule has 1 saturated carbocycles. The molecule has 136 valence electrons. The maximum absolute atomic E-state index is 6.97. The molecule has 3 heteroatoms. The molecule has 0 atom stereocenters. The van der Waals surface area contributed by atoms with E-state index in [4.69, 9.17) is 9.16 Å². The average Bonchev–Trinajstić information content (AvgIpc) is 2.36. The third kappa shape index (κ3) is 5.63. The number of methoxy groups -OCH3 is 1. The van der Waals surface area contributed by atoms with Gasteiger partial charge in [0.05, 0.1) is 19.0 Å². The monoisotopic (exact) mass is 340 g/mol. The minimum absolute atomic E-state index is 0.0137. The SMILES string of the molecule is CO/C=C\CC1(O[Si](C)(C)C(C)(C)C)CCC(C(C)(C)C)CC1. The Hall–Kier alpha value is -0.283. The van der Waals surface area contributed by atoms with Gasteiger partial charge >= 0.3 is 0 Å². The van der Waals surface area contributed by atoms with Crippen LogP contribution in [0.5, 0.6) is 0 Å². The van der Waals surface area contributed by atoms with E-state index in [0.717, 1.165) is 12.3 Å². The van der Waals surface area contributed by atoms with Crippen molar-refractivity contribution in [2.75, 3.05) is 7.11 Å². The Bertz CT molecular complexity index is 391. The third-order valence-corrected chi connectivity index (χ3v) is 10.7. The van der Waals surface area contributed by atoms with E-state index in [-0.39, 0.29) is 10.6 Å². The van der Waals surface area contributed by atoms with E-state index in [1.165, 1.54) is 25.7 Å². The molecule has 1 rings (SSSR count). The predicted molar refractivity (Wildman–Crippen MR) is 103 cm³/mol. The molecule has 0 aromatic heterocycles. The average molecular weight is 341 g/mol. The van der Waals surface area contributed by atoms with Crippen molar-refractivity contribution in [1.82, 2.24) is 0 Å². The first-order chi connectivity index (χ1) is 10.3. The number of hydrogen-bond donors (Lipinski definition) is 0. The zero-order chi connectivity index (χ0) is 17.9. The molecule has 1 fully saturated rings. The fourth-order valence-corrected chi connectivity index (χ4v) is 5.09. The lowest BCUT2D eigenvalue weighted by atomic mass is 9.68. The number of hydrogen-bond acceptors (Lipinski definition) is 2. The Morgan fingerprint density at radius 2 is 1.57 bits per heavy atom. The van der Waals surface area contributed by atoms with Crippen molar-refractivity contribution < 1.29 is 9.16 Å². The molecule has 0 aromatic rings. The van der Waals surface area contributed by atoms with Gasteiger partial charge in [-0.05, 0) is 67.6 Å². The maximum atomic E-state index is 6.97. The standard InChI is InChI=1S/C20H40O2Si/c1-18(2,3)17-11-14-20(15-12-17,13-10-16-21-7)22-23(8,9)19(4,5)6/h10,16-17H,11-15H2,1-9H3/b16-10-. The Kier molecular flexibility index (Phi) is 6.60. The van der Waals surface area contributed by atoms with Gasteiger partial charge < -0.3 is 9.16 Å². The molecule has 0 N–H and O–H groups in total. The van der Waals surface area contributed by atoms with E-state index in [9.17, 15) is 0 Å². The van der Waals surface area contributed by atoms with E-state index < -0.39 is 8.32 Å². The number of ether oxygens (including phenoxy) is 1. The molecule has 23 heavy (non-hydrogen) atoms. The summed E-state index contributed by atoms with van der Waals surface area (Å²) in [7, 11) is -0.0508. The van der Waals surface area contributed by atoms with Crippen LogP contribution in [0, 0.1) is 11.3 Å². The molecule has 0 aromatic carbocycles. The van der Waals surface area contributed by atoms with Crippen LogP contribution in [0.4, 0.5) is 0 Å². The highest BCUT2D eigenvalue weighted by atomic mass is 28.4. The fourth-order valence-electron chi connectivity index (χ4n) is 3.41. The van der Waals surface area contributed by atoms with E-state index in [0.29, 0.717) is 5.41 Å². The summed E-state index contributed by atoms with van der Waals surface area (Å²) in [6, 6.07) is 0. The van der Waals surface area contributed by atoms with Crippen LogP contribution in [0.25, 0.3) is 0 Å². The van der Waals surface area contributed by atoms with Gasteiger partial charge in [0.1, 0.15) is 0 Å². The summed E-state index contributed by atoms with van der Waals surface area (Å²) in [6.45, 7) is 18.9. The first kappa shape index (κ1) is 20.8. The zero-order valence-corrected chi connectivity index (χ0v) is 18.1. The summed E-state index contributed by atoms with van der Waals surface area (Å²) >= 11 is 0. The summed E-state index contributed by atoms with van der Waals surface area (Å²) in [5.41, 5.74) is 0.422. The van der Waals surface area contributed by atoms with E-state index in [1.54, 1.807) is 7.11 Å². The van der Waals surface area contributed by atoms with Gasteiger partial charge in [-0.15, -0.1) is 0 Å². The first-order valence-corrected chi connectivity index (χ1v) is 12.1. The van der Waals surface area contributed by atoms with Gasteiger partial charge in [0.2, 0.25) is 0 Å². The molecule has 0 amide bonds. The Morgan fingerprint density at radius 1 is 1.04 bits per heavy atom. The minimum atomic E-state index is -1.77. The fraction of sp³-hybridized carbons (Fsp3) is 0.900. The molecule has 0 saturated heterocycles. The smallest absolute Gasteiger partial charge is 0.192 e. The van der Waals surface area contributed by atoms with Crippen LogP contribution in [0.1, 0.15) is 73.6 Å². The molecular weight excluding hydrogens is 300 g/mol. The lowest BCUT2D eigenvalue weighted by molar-refractivity contribution is -0.0121. The van der Waals surface area contributed by atoms with Crippen molar-refractivity contribution >= 4 is 8.32 Å². The van der Waals surface area contributed by atoms with Crippen molar-refractivity contribution in [3.8, 4) is 0 Å². The quantitative estimate of drug-likeness (QED) is 0.418. The molecule has 0 radical (unpaired) electrons. The highest BCUT2D eigenvalue weighted by molar-refractivity contribution is 6.74. The molecule has 1 aliphatic carbocycles. The first-order valence-electron chi connectivity index (χ1n) is 9.21. The molecule has 0 bridgehead atoms. The van der Waals surface area contributed by atoms with E-state index in [2.05, 4.69) is 60.7 Å². The van der Waals surface area contributed by atoms with Crippen LogP contribution in [0.2, 0.25) is 18.1 Å². The van der Waals surface area contributed by atoms with Crippen molar-refractivity contribution in [2.24, 2.45) is 11.3 Å². The molecule has 2 nitrogen and oxygen atoms in total. The zero-order valence-electron chi connectivity index (χ0n) is 17.1. The van der Waals surface area contributed by atoms with Crippen molar-refractivity contribution in [3.63, 3.8) is 0 Å². The van der Waals surface area contributed by atoms with Gasteiger partial charge in [0.15, 0.2) is 8.32 Å². The van der Waals surface area contributed by atoms with Crippen molar-refractivity contribution in [1.29, 1.82) is 0 Å². The molecule has 0 spiro atoms. The Balaban J connectivity index is 2.92. The highest BCUT2D eigenvalue weighted by Crippen LogP contribution is 2.48. The van der Waals surface area contributed by atoms with Crippen LogP contribution in [-0.4, -0.2) is 21.0 Å². The van der Waals surface area contributed by atoms with Crippen LogP contribution >= 0.6 is 0 Å². The maximum Gasteiger partial charge on any atom is 0.192 e. The number of rotatable bonds is 5. The van der Waals surface area contributed by atoms with Gasteiger partial charge in [-0.1, -0.05) is 41.5 Å². The summed E-state index contributed by atoms with van der Waals surface area (Å²) in [4.78, 5) is 0. The third-order valence-electron chi connectivity index (χ3n) is 6.12. The van der Waals surface area contributed by atoms with Gasteiger partial charge in [-0.25, -0.2) is 0 Å². The van der Waals surface area contributed by atoms with E-state index >= 15 is 0 Å². The van der Waals surface area contributed by atoms with Crippen LogP contribution in [-0.2, 0) is 9.16 Å². The minimum Gasteiger partial charge on any atom is -0.505 e. The van der Waals surface area contributed by atoms with Crippen LogP contribution < -0.4 is 0 Å². The van der Waals surface area contributed by atoms with Gasteiger partial charge in [-0.3, -0.25) is 0 Å². The predicted octanol–water partition coefficient (Wildman–Crippen LogP) is 6.53. The molecule has 0 aliphatic heterocycles. The Morgan fingerprint density at radius 3 is 1.96 bits per heavy atom. The largest absolute Gasteiger partial charge is 0.505 e. The molecule has 0 heterocycles. The molecule has 1 aliphatic rings. The topological polar surface area (TPSA) is 18.5 Å². The summed E-state index contributed by atoms with van der Waals surface area (Å²) < 4.78 is 12.1. The lowest BCUT2D eigenvalue weighted by Gasteiger charge is -2.50. The normalized spacial score (nSPS) is 27.4. The summed E-state index contributed by atoms with van der Waals surface area (Å²) in [5, 5.41) is 0.256. The summed E-state index contributed by atoms with van der Waals surface area (Å²) in [6.07, 6.45) is 9.85. The van der Waals surface area contributed by atoms with E-state index in [1.807, 2.05) is 6.26 Å². The molecular formula is C20H40O2Si. The second-order valence-corrected chi connectivity index (χ2v) is 14.7. The lowest BCUT2D eigenvalue weighted by Crippen LogP contribution is -2.51. The second kappa shape index (κ2) is 7.31. The van der Waals surface area contributed by atoms with Gasteiger partial charge in [0.25, 0.3) is 0 Å². The Labute approximate surface area is 146 Å². The molecule has 0 unspecified atom stereocenters. The summed E-state index contributed by atoms with van der Waals surface area (Å²) in [5.74, 6) is 0.810. The van der Waals surface area contributed by atoms with Crippen molar-refractivity contribution in [3.05, 3.63) is 12.3 Å². The highest BCUT2D eigenvalue weighted by Gasteiger charge is 2.46. The van der Waals surface area contributed by atoms with Gasteiger partial charge in [0, 0.05) is 0 Å². The van der Waals surface area contributed by atoms with Crippen LogP contribution in [0.3, 0.4) is 0 Å². The van der Waals surface area contributed by atoms with Crippen LogP contribution in [0.15, 0.2) is 12.3 Å². The van der Waals surface area contributed by atoms with Gasteiger partial charge in [-0.2, -0.15) is 0 Å². The second-order valence-electron chi connectivity index (χ2n) is 10.00.